The highest BCUT2D eigenvalue weighted by molar-refractivity contribution is 6.08. The highest BCUT2D eigenvalue weighted by Gasteiger charge is 2.25. The van der Waals surface area contributed by atoms with Gasteiger partial charge in [-0.25, -0.2) is 14.8 Å². The summed E-state index contributed by atoms with van der Waals surface area (Å²) < 4.78 is 7.43. The Balaban J connectivity index is 1.78. The third-order valence-electron chi connectivity index (χ3n) is 5.46. The Morgan fingerprint density at radius 2 is 1.73 bits per heavy atom. The molecule has 1 atom stereocenters. The Morgan fingerprint density at radius 3 is 2.43 bits per heavy atom. The fraction of sp³-hybridized carbons (Fsp3) is 0.292. The monoisotopic (exact) mass is 402 g/mol. The highest BCUT2D eigenvalue weighted by Crippen LogP contribution is 2.29. The number of nitrogen functional groups attached to an aromatic ring is 1. The summed E-state index contributed by atoms with van der Waals surface area (Å²) in [6.07, 6.45) is 1.71. The SMILES string of the molecule is CC[C@H](C)COC(=O)c1c(N)n(CCc2ccccc2)c2nc3ccccc3nc12. The maximum atomic E-state index is 12.9. The number of hydrogen-bond acceptors (Lipinski definition) is 5. The van der Waals surface area contributed by atoms with E-state index in [4.69, 9.17) is 20.4 Å². The molecular formula is C24H26N4O2. The van der Waals surface area contributed by atoms with Gasteiger partial charge in [0, 0.05) is 6.54 Å². The van der Waals surface area contributed by atoms with Gasteiger partial charge in [-0.05, 0) is 30.0 Å². The third kappa shape index (κ3) is 3.85. The van der Waals surface area contributed by atoms with E-state index in [2.05, 4.69) is 19.1 Å². The summed E-state index contributed by atoms with van der Waals surface area (Å²) in [5, 5.41) is 0. The average Bonchev–Trinajstić information content (AvgIpc) is 3.05. The minimum Gasteiger partial charge on any atom is -0.462 e. The van der Waals surface area contributed by atoms with Gasteiger partial charge in [-0.3, -0.25) is 0 Å². The van der Waals surface area contributed by atoms with Gasteiger partial charge in [-0.15, -0.1) is 0 Å². The number of anilines is 1. The van der Waals surface area contributed by atoms with E-state index in [-0.39, 0.29) is 5.92 Å². The Morgan fingerprint density at radius 1 is 1.07 bits per heavy atom. The molecule has 2 aromatic carbocycles. The lowest BCUT2D eigenvalue weighted by Gasteiger charge is -2.10. The summed E-state index contributed by atoms with van der Waals surface area (Å²) in [5.74, 6) is 0.194. The van der Waals surface area contributed by atoms with Gasteiger partial charge in [0.2, 0.25) is 0 Å². The molecule has 2 heterocycles. The van der Waals surface area contributed by atoms with Crippen LogP contribution >= 0.6 is 0 Å². The second kappa shape index (κ2) is 8.53. The van der Waals surface area contributed by atoms with Gasteiger partial charge in [0.25, 0.3) is 0 Å². The van der Waals surface area contributed by atoms with Gasteiger partial charge >= 0.3 is 5.97 Å². The molecule has 6 heteroatoms. The average molecular weight is 402 g/mol. The number of nitrogens with two attached hydrogens (primary N) is 1. The number of para-hydroxylation sites is 2. The fourth-order valence-corrected chi connectivity index (χ4v) is 3.44. The molecule has 0 aliphatic carbocycles. The lowest BCUT2D eigenvalue weighted by atomic mass is 10.1. The molecule has 0 saturated carbocycles. The molecule has 0 bridgehead atoms. The van der Waals surface area contributed by atoms with Crippen molar-refractivity contribution < 1.29 is 9.53 Å². The number of benzene rings is 2. The van der Waals surface area contributed by atoms with Crippen molar-refractivity contribution >= 4 is 34.0 Å². The molecule has 2 N–H and O–H groups in total. The van der Waals surface area contributed by atoms with Crippen LogP contribution in [0.4, 0.5) is 5.82 Å². The first kappa shape index (κ1) is 19.9. The number of hydrogen-bond donors (Lipinski definition) is 1. The first-order chi connectivity index (χ1) is 14.6. The van der Waals surface area contributed by atoms with Gasteiger partial charge in [0.15, 0.2) is 5.65 Å². The summed E-state index contributed by atoms with van der Waals surface area (Å²) in [5.41, 5.74) is 10.6. The highest BCUT2D eigenvalue weighted by atomic mass is 16.5. The Labute approximate surface area is 175 Å². The van der Waals surface area contributed by atoms with Crippen LogP contribution in [-0.2, 0) is 17.7 Å². The summed E-state index contributed by atoms with van der Waals surface area (Å²) in [4.78, 5) is 22.4. The molecule has 30 heavy (non-hydrogen) atoms. The van der Waals surface area contributed by atoms with Crippen LogP contribution in [0.1, 0.15) is 36.2 Å². The number of nitrogens with zero attached hydrogens (tertiary/aromatic N) is 3. The molecule has 0 aliphatic rings. The number of carbonyl (C=O) groups is 1. The smallest absolute Gasteiger partial charge is 0.344 e. The second-order valence-corrected chi connectivity index (χ2v) is 7.64. The Bertz CT molecular complexity index is 1180. The van der Waals surface area contributed by atoms with E-state index >= 15 is 0 Å². The summed E-state index contributed by atoms with van der Waals surface area (Å²) in [6.45, 7) is 5.07. The van der Waals surface area contributed by atoms with E-state index < -0.39 is 5.97 Å². The molecule has 0 aliphatic heterocycles. The molecule has 2 aromatic heterocycles. The zero-order valence-corrected chi connectivity index (χ0v) is 17.3. The molecule has 4 rings (SSSR count). The predicted octanol–water partition coefficient (Wildman–Crippen LogP) is 4.61. The zero-order valence-electron chi connectivity index (χ0n) is 17.3. The van der Waals surface area contributed by atoms with E-state index in [1.807, 2.05) is 54.0 Å². The van der Waals surface area contributed by atoms with E-state index in [0.29, 0.717) is 35.7 Å². The van der Waals surface area contributed by atoms with Crippen LogP contribution in [0.2, 0.25) is 0 Å². The van der Waals surface area contributed by atoms with Crippen molar-refractivity contribution in [3.8, 4) is 0 Å². The topological polar surface area (TPSA) is 83.0 Å². The molecule has 154 valence electrons. The fourth-order valence-electron chi connectivity index (χ4n) is 3.44. The quantitative estimate of drug-likeness (QED) is 0.456. The lowest BCUT2D eigenvalue weighted by Crippen LogP contribution is -2.14. The molecule has 0 spiro atoms. The van der Waals surface area contributed by atoms with Crippen LogP contribution in [0, 0.1) is 5.92 Å². The van der Waals surface area contributed by atoms with Crippen molar-refractivity contribution in [1.82, 2.24) is 14.5 Å². The summed E-state index contributed by atoms with van der Waals surface area (Å²) in [6, 6.07) is 17.8. The van der Waals surface area contributed by atoms with Gasteiger partial charge in [0.1, 0.15) is 16.9 Å². The Hall–Kier alpha value is -3.41. The van der Waals surface area contributed by atoms with Crippen LogP contribution in [-0.4, -0.2) is 27.1 Å². The maximum absolute atomic E-state index is 12.9. The number of aryl methyl sites for hydroxylation is 2. The molecule has 0 unspecified atom stereocenters. The molecular weight excluding hydrogens is 376 g/mol. The van der Waals surface area contributed by atoms with E-state index in [1.54, 1.807) is 0 Å². The van der Waals surface area contributed by atoms with Crippen LogP contribution in [0.3, 0.4) is 0 Å². The third-order valence-corrected chi connectivity index (χ3v) is 5.46. The van der Waals surface area contributed by atoms with Gasteiger partial charge in [0.05, 0.1) is 17.6 Å². The first-order valence-corrected chi connectivity index (χ1v) is 10.3. The largest absolute Gasteiger partial charge is 0.462 e. The van der Waals surface area contributed by atoms with Crippen molar-refractivity contribution in [2.24, 2.45) is 5.92 Å². The van der Waals surface area contributed by atoms with Gasteiger partial charge < -0.3 is 15.0 Å². The maximum Gasteiger partial charge on any atom is 0.344 e. The number of fused-ring (bicyclic) bond motifs is 2. The Kier molecular flexibility index (Phi) is 5.65. The molecule has 6 nitrogen and oxygen atoms in total. The number of esters is 1. The van der Waals surface area contributed by atoms with E-state index in [1.165, 1.54) is 5.56 Å². The van der Waals surface area contributed by atoms with Crippen LogP contribution in [0.25, 0.3) is 22.2 Å². The van der Waals surface area contributed by atoms with Crippen molar-refractivity contribution in [1.29, 1.82) is 0 Å². The molecule has 0 saturated heterocycles. The predicted molar refractivity (Wildman–Crippen MR) is 119 cm³/mol. The number of ether oxygens (including phenoxy) is 1. The van der Waals surface area contributed by atoms with E-state index in [0.717, 1.165) is 23.9 Å². The molecule has 0 amide bonds. The first-order valence-electron chi connectivity index (χ1n) is 10.3. The second-order valence-electron chi connectivity index (χ2n) is 7.64. The number of aromatic nitrogens is 3. The number of rotatable bonds is 7. The minimum absolute atomic E-state index is 0.286. The lowest BCUT2D eigenvalue weighted by molar-refractivity contribution is 0.0450. The van der Waals surface area contributed by atoms with Crippen molar-refractivity contribution in [3.63, 3.8) is 0 Å². The standard InChI is InChI=1S/C24H26N4O2/c1-3-16(2)15-30-24(29)20-21-23(27-19-12-8-7-11-18(19)26-21)28(22(20)25)14-13-17-9-5-4-6-10-17/h4-12,16H,3,13-15,25H2,1-2H3/t16-/m0/s1. The van der Waals surface area contributed by atoms with Gasteiger partial charge in [-0.1, -0.05) is 62.7 Å². The van der Waals surface area contributed by atoms with Crippen LogP contribution < -0.4 is 5.73 Å². The minimum atomic E-state index is -0.444. The van der Waals surface area contributed by atoms with Crippen LogP contribution in [0.15, 0.2) is 54.6 Å². The zero-order chi connectivity index (χ0) is 21.1. The number of carbonyl (C=O) groups excluding carboxylic acids is 1. The summed E-state index contributed by atoms with van der Waals surface area (Å²) >= 11 is 0. The van der Waals surface area contributed by atoms with Crippen LogP contribution in [0.5, 0.6) is 0 Å². The van der Waals surface area contributed by atoms with Gasteiger partial charge in [-0.2, -0.15) is 0 Å². The van der Waals surface area contributed by atoms with Crippen molar-refractivity contribution in [3.05, 3.63) is 65.7 Å². The van der Waals surface area contributed by atoms with Crippen molar-refractivity contribution in [2.45, 2.75) is 33.2 Å². The van der Waals surface area contributed by atoms with Crippen molar-refractivity contribution in [2.75, 3.05) is 12.3 Å². The molecule has 0 radical (unpaired) electrons. The summed E-state index contributed by atoms with van der Waals surface area (Å²) in [7, 11) is 0. The molecule has 0 fully saturated rings. The molecule has 4 aromatic rings. The van der Waals surface area contributed by atoms with E-state index in [9.17, 15) is 4.79 Å². The normalized spacial score (nSPS) is 12.3.